The fourth-order valence-corrected chi connectivity index (χ4v) is 6.07. The van der Waals surface area contributed by atoms with Crippen LogP contribution in [0.1, 0.15) is 42.4 Å². The summed E-state index contributed by atoms with van der Waals surface area (Å²) in [6.07, 6.45) is -0.474. The molecule has 3 unspecified atom stereocenters. The minimum absolute atomic E-state index is 0.0196. The largest absolute Gasteiger partial charge is 0.431 e. The summed E-state index contributed by atoms with van der Waals surface area (Å²) in [7, 11) is 0. The zero-order valence-corrected chi connectivity index (χ0v) is 25.7. The predicted octanol–water partition coefficient (Wildman–Crippen LogP) is 7.98. The van der Waals surface area contributed by atoms with Gasteiger partial charge in [0.15, 0.2) is 12.1 Å². The summed E-state index contributed by atoms with van der Waals surface area (Å²) in [5.74, 6) is 1.32. The van der Waals surface area contributed by atoms with Crippen LogP contribution >= 0.6 is 11.8 Å². The predicted molar refractivity (Wildman–Crippen MR) is 176 cm³/mol. The zero-order valence-electron chi connectivity index (χ0n) is 24.9. The normalized spacial score (nSPS) is 18.0. The van der Waals surface area contributed by atoms with Crippen molar-refractivity contribution >= 4 is 23.5 Å². The number of hydrogen-bond acceptors (Lipinski definition) is 7. The standard InChI is InChI=1S/C36H35N3O5S/c1-2-37-35(41)38-29-15-9-14-28(20-29)34-42-30(21-31(43-34)25-18-16-24(22-40)17-19-25)23-45-36-39-32(26-10-5-3-6-11-26)33(44-36)27-12-7-4-8-13-27/h3-20,30-31,34,40H,2,21-23H2,1H3,(H2,37,38,41). The Hall–Kier alpha value is -4.41. The smallest absolute Gasteiger partial charge is 0.319 e. The second-order valence-electron chi connectivity index (χ2n) is 10.7. The Labute approximate surface area is 266 Å². The van der Waals surface area contributed by atoms with Gasteiger partial charge >= 0.3 is 6.03 Å². The molecule has 6 rings (SSSR count). The van der Waals surface area contributed by atoms with Crippen LogP contribution in [0.15, 0.2) is 119 Å². The molecule has 45 heavy (non-hydrogen) atoms. The average molecular weight is 622 g/mol. The summed E-state index contributed by atoms with van der Waals surface area (Å²) >= 11 is 1.51. The van der Waals surface area contributed by atoms with Crippen molar-refractivity contribution in [2.75, 3.05) is 17.6 Å². The van der Waals surface area contributed by atoms with E-state index in [0.29, 0.717) is 29.6 Å². The number of nitrogens with one attached hydrogen (secondary N) is 2. The maximum absolute atomic E-state index is 12.1. The molecule has 8 nitrogen and oxygen atoms in total. The van der Waals surface area contributed by atoms with Gasteiger partial charge in [-0.3, -0.25) is 0 Å². The van der Waals surface area contributed by atoms with Crippen molar-refractivity contribution < 1.29 is 23.8 Å². The Morgan fingerprint density at radius 2 is 1.62 bits per heavy atom. The van der Waals surface area contributed by atoms with Crippen LogP contribution < -0.4 is 10.6 Å². The van der Waals surface area contributed by atoms with Crippen LogP contribution in [0.2, 0.25) is 0 Å². The number of oxazole rings is 1. The number of thioether (sulfide) groups is 1. The van der Waals surface area contributed by atoms with Crippen LogP contribution in [0, 0.1) is 0 Å². The van der Waals surface area contributed by atoms with Gasteiger partial charge in [-0.25, -0.2) is 9.78 Å². The number of ether oxygens (including phenoxy) is 2. The molecule has 2 heterocycles. The van der Waals surface area contributed by atoms with Crippen LogP contribution in [-0.4, -0.2) is 34.5 Å². The Kier molecular flexibility index (Phi) is 9.92. The molecule has 2 amide bonds. The highest BCUT2D eigenvalue weighted by atomic mass is 32.2. The zero-order chi connectivity index (χ0) is 31.0. The van der Waals surface area contributed by atoms with E-state index >= 15 is 0 Å². The van der Waals surface area contributed by atoms with Crippen LogP contribution in [0.4, 0.5) is 10.5 Å². The third-order valence-electron chi connectivity index (χ3n) is 7.45. The van der Waals surface area contributed by atoms with Gasteiger partial charge in [0.25, 0.3) is 5.22 Å². The van der Waals surface area contributed by atoms with Crippen molar-refractivity contribution in [3.8, 4) is 22.6 Å². The number of aliphatic hydroxyl groups is 1. The number of hydrogen-bond donors (Lipinski definition) is 3. The number of aromatic nitrogens is 1. The Bertz CT molecular complexity index is 1640. The van der Waals surface area contributed by atoms with Gasteiger partial charge in [0.1, 0.15) is 5.69 Å². The number of nitrogens with zero attached hydrogens (tertiary/aromatic N) is 1. The average Bonchev–Trinajstić information content (AvgIpc) is 3.53. The van der Waals surface area contributed by atoms with Crippen molar-refractivity contribution in [3.63, 3.8) is 0 Å². The maximum atomic E-state index is 12.1. The van der Waals surface area contributed by atoms with Crippen LogP contribution in [0.25, 0.3) is 22.6 Å². The number of rotatable bonds is 10. The minimum atomic E-state index is -0.660. The van der Waals surface area contributed by atoms with Gasteiger partial charge in [0, 0.05) is 41.1 Å². The molecule has 4 aromatic carbocycles. The molecule has 1 aromatic heterocycles. The number of aliphatic hydroxyl groups excluding tert-OH is 1. The third kappa shape index (κ3) is 7.64. The number of carbonyl (C=O) groups excluding carboxylic acids is 1. The molecule has 0 spiro atoms. The lowest BCUT2D eigenvalue weighted by atomic mass is 10.0. The highest BCUT2D eigenvalue weighted by Gasteiger charge is 2.33. The number of carbonyl (C=O) groups is 1. The van der Waals surface area contributed by atoms with E-state index in [0.717, 1.165) is 39.3 Å². The Morgan fingerprint density at radius 1 is 0.889 bits per heavy atom. The molecule has 3 atom stereocenters. The van der Waals surface area contributed by atoms with E-state index in [2.05, 4.69) is 10.6 Å². The lowest BCUT2D eigenvalue weighted by molar-refractivity contribution is -0.245. The van der Waals surface area contributed by atoms with E-state index in [9.17, 15) is 9.90 Å². The second-order valence-corrected chi connectivity index (χ2v) is 11.6. The number of amides is 2. The first-order valence-electron chi connectivity index (χ1n) is 15.0. The second kappa shape index (κ2) is 14.6. The van der Waals surface area contributed by atoms with E-state index in [-0.39, 0.29) is 24.8 Å². The lowest BCUT2D eigenvalue weighted by Crippen LogP contribution is -2.31. The van der Waals surface area contributed by atoms with Gasteiger partial charge < -0.3 is 29.6 Å². The van der Waals surface area contributed by atoms with Gasteiger partial charge in [-0.2, -0.15) is 0 Å². The van der Waals surface area contributed by atoms with E-state index < -0.39 is 6.29 Å². The molecule has 3 N–H and O–H groups in total. The summed E-state index contributed by atoms with van der Waals surface area (Å²) in [5, 5.41) is 15.7. The molecule has 1 saturated heterocycles. The van der Waals surface area contributed by atoms with E-state index in [1.807, 2.05) is 116 Å². The first-order valence-corrected chi connectivity index (χ1v) is 16.0. The molecular formula is C36H35N3O5S. The first kappa shape index (κ1) is 30.6. The highest BCUT2D eigenvalue weighted by Crippen LogP contribution is 2.41. The number of anilines is 1. The Morgan fingerprint density at radius 3 is 2.33 bits per heavy atom. The monoisotopic (exact) mass is 621 g/mol. The maximum Gasteiger partial charge on any atom is 0.319 e. The molecule has 9 heteroatoms. The van der Waals surface area contributed by atoms with Gasteiger partial charge in [0.05, 0.1) is 18.8 Å². The fourth-order valence-electron chi connectivity index (χ4n) is 5.22. The summed E-state index contributed by atoms with van der Waals surface area (Å²) < 4.78 is 19.4. The van der Waals surface area contributed by atoms with E-state index in [1.54, 1.807) is 0 Å². The Balaban J connectivity index is 1.25. The fraction of sp³-hybridized carbons (Fsp3) is 0.222. The minimum Gasteiger partial charge on any atom is -0.431 e. The topological polar surface area (TPSA) is 106 Å². The van der Waals surface area contributed by atoms with Crippen molar-refractivity contribution in [2.24, 2.45) is 0 Å². The first-order chi connectivity index (χ1) is 22.1. The van der Waals surface area contributed by atoms with Crippen LogP contribution in [0.5, 0.6) is 0 Å². The van der Waals surface area contributed by atoms with Crippen LogP contribution in [-0.2, 0) is 16.1 Å². The molecule has 1 aliphatic heterocycles. The van der Waals surface area contributed by atoms with Gasteiger partial charge in [-0.15, -0.1) is 0 Å². The molecule has 1 fully saturated rings. The molecule has 0 bridgehead atoms. The molecule has 0 saturated carbocycles. The van der Waals surface area contributed by atoms with Crippen molar-refractivity contribution in [2.45, 2.75) is 43.7 Å². The molecule has 0 aliphatic carbocycles. The van der Waals surface area contributed by atoms with Gasteiger partial charge in [-0.1, -0.05) is 109 Å². The molecule has 230 valence electrons. The van der Waals surface area contributed by atoms with Crippen molar-refractivity contribution in [1.29, 1.82) is 0 Å². The summed E-state index contributed by atoms with van der Waals surface area (Å²) in [4.78, 5) is 17.1. The highest BCUT2D eigenvalue weighted by molar-refractivity contribution is 7.99. The molecule has 0 radical (unpaired) electrons. The van der Waals surface area contributed by atoms with Crippen LogP contribution in [0.3, 0.4) is 0 Å². The number of urea groups is 1. The summed E-state index contributed by atoms with van der Waals surface area (Å²) in [5.41, 5.74) is 6.03. The van der Waals surface area contributed by atoms with E-state index in [1.165, 1.54) is 11.8 Å². The van der Waals surface area contributed by atoms with Gasteiger partial charge in [-0.05, 0) is 30.2 Å². The lowest BCUT2D eigenvalue weighted by Gasteiger charge is -2.36. The third-order valence-corrected chi connectivity index (χ3v) is 8.41. The quantitative estimate of drug-likeness (QED) is 0.136. The SMILES string of the molecule is CCNC(=O)Nc1cccc(C2OC(CSc3nc(-c4ccccc4)c(-c4ccccc4)o3)CC(c3ccc(CO)cc3)O2)c1. The van der Waals surface area contributed by atoms with E-state index in [4.69, 9.17) is 18.9 Å². The van der Waals surface area contributed by atoms with Crippen molar-refractivity contribution in [1.82, 2.24) is 10.3 Å². The summed E-state index contributed by atoms with van der Waals surface area (Å²) in [6.45, 7) is 2.38. The molecular weight excluding hydrogens is 586 g/mol. The molecule has 1 aliphatic rings. The summed E-state index contributed by atoms with van der Waals surface area (Å²) in [6, 6.07) is 35.1. The molecule has 5 aromatic rings. The number of benzene rings is 4. The van der Waals surface area contributed by atoms with Crippen molar-refractivity contribution in [3.05, 3.63) is 126 Å². The van der Waals surface area contributed by atoms with Gasteiger partial charge in [0.2, 0.25) is 0 Å².